The minimum atomic E-state index is -0.420. The quantitative estimate of drug-likeness (QED) is 0.843. The molecule has 23 heavy (non-hydrogen) atoms. The number of rotatable bonds is 2. The Bertz CT molecular complexity index is 471. The molecular weight excluding hydrogens is 290 g/mol. The van der Waals surface area contributed by atoms with Gasteiger partial charge in [-0.3, -0.25) is 14.5 Å². The first-order chi connectivity index (χ1) is 10.9. The number of amides is 2. The van der Waals surface area contributed by atoms with Crippen LogP contribution in [0.2, 0.25) is 0 Å². The topological polar surface area (TPSA) is 52.7 Å². The lowest BCUT2D eigenvalue weighted by atomic mass is 9.94. The number of hydrogen-bond donors (Lipinski definition) is 1. The Morgan fingerprint density at radius 2 is 1.74 bits per heavy atom. The second-order valence-corrected chi connectivity index (χ2v) is 8.41. The predicted octanol–water partition coefficient (Wildman–Crippen LogP) is 1.77. The first-order valence-corrected chi connectivity index (χ1v) is 9.23. The minimum Gasteiger partial charge on any atom is -0.350 e. The van der Waals surface area contributed by atoms with Crippen LogP contribution in [-0.2, 0) is 9.59 Å². The molecule has 0 spiro atoms. The van der Waals surface area contributed by atoms with Crippen molar-refractivity contribution >= 4 is 11.8 Å². The summed E-state index contributed by atoms with van der Waals surface area (Å²) in [5, 5.41) is 3.28. The van der Waals surface area contributed by atoms with Crippen LogP contribution in [0, 0.1) is 5.41 Å². The van der Waals surface area contributed by atoms with E-state index in [-0.39, 0.29) is 23.9 Å². The van der Waals surface area contributed by atoms with Gasteiger partial charge >= 0.3 is 0 Å². The first-order valence-electron chi connectivity index (χ1n) is 9.23. The molecule has 3 rings (SSSR count). The molecule has 5 heteroatoms. The average molecular weight is 321 g/mol. The highest BCUT2D eigenvalue weighted by Gasteiger charge is 2.41. The fourth-order valence-electron chi connectivity index (χ4n) is 4.41. The Kier molecular flexibility index (Phi) is 4.68. The molecule has 3 heterocycles. The van der Waals surface area contributed by atoms with Crippen LogP contribution < -0.4 is 5.32 Å². The summed E-state index contributed by atoms with van der Waals surface area (Å²) in [6, 6.07) is 0.523. The molecule has 0 aliphatic carbocycles. The van der Waals surface area contributed by atoms with E-state index in [1.165, 1.54) is 25.8 Å². The van der Waals surface area contributed by atoms with E-state index < -0.39 is 5.41 Å². The van der Waals surface area contributed by atoms with Crippen molar-refractivity contribution in [3.05, 3.63) is 0 Å². The van der Waals surface area contributed by atoms with Gasteiger partial charge in [0.05, 0.1) is 0 Å². The van der Waals surface area contributed by atoms with Crippen molar-refractivity contribution in [2.75, 3.05) is 19.6 Å². The number of likely N-dealkylation sites (tertiary alicyclic amines) is 1. The van der Waals surface area contributed by atoms with Gasteiger partial charge in [-0.15, -0.1) is 0 Å². The molecule has 3 fully saturated rings. The molecule has 3 aliphatic rings. The van der Waals surface area contributed by atoms with Gasteiger partial charge in [0.2, 0.25) is 11.8 Å². The molecule has 130 valence electrons. The van der Waals surface area contributed by atoms with E-state index >= 15 is 0 Å². The molecule has 0 aromatic rings. The predicted molar refractivity (Wildman–Crippen MR) is 89.9 cm³/mol. The number of hydrogen-bond acceptors (Lipinski definition) is 3. The lowest BCUT2D eigenvalue weighted by Gasteiger charge is -2.34. The number of carbonyl (C=O) groups is 2. The Hall–Kier alpha value is -1.10. The molecule has 0 saturated carbocycles. The third-order valence-corrected chi connectivity index (χ3v) is 5.64. The van der Waals surface area contributed by atoms with E-state index in [1.807, 2.05) is 25.7 Å². The highest BCUT2D eigenvalue weighted by molar-refractivity contribution is 5.90. The Balaban J connectivity index is 1.62. The van der Waals surface area contributed by atoms with Gasteiger partial charge in [-0.1, -0.05) is 27.2 Å². The lowest BCUT2D eigenvalue weighted by molar-refractivity contribution is -0.144. The first kappa shape index (κ1) is 16.7. The van der Waals surface area contributed by atoms with Gasteiger partial charge in [0, 0.05) is 30.6 Å². The Morgan fingerprint density at radius 1 is 0.957 bits per heavy atom. The zero-order valence-corrected chi connectivity index (χ0v) is 14.8. The fourth-order valence-corrected chi connectivity index (χ4v) is 4.41. The number of fused-ring (bicyclic) bond motifs is 1. The molecule has 3 saturated heterocycles. The number of nitrogens with one attached hydrogen (secondary N) is 1. The van der Waals surface area contributed by atoms with Crippen molar-refractivity contribution in [1.82, 2.24) is 15.1 Å². The maximum absolute atomic E-state index is 12.8. The van der Waals surface area contributed by atoms with Gasteiger partial charge < -0.3 is 10.2 Å². The minimum absolute atomic E-state index is 0.0672. The van der Waals surface area contributed by atoms with Crippen LogP contribution in [0.3, 0.4) is 0 Å². The van der Waals surface area contributed by atoms with E-state index in [1.54, 1.807) is 0 Å². The molecular formula is C18H31N3O2. The maximum atomic E-state index is 12.8. The van der Waals surface area contributed by atoms with E-state index in [4.69, 9.17) is 0 Å². The van der Waals surface area contributed by atoms with Crippen LogP contribution in [0.5, 0.6) is 0 Å². The lowest BCUT2D eigenvalue weighted by Crippen LogP contribution is -2.54. The monoisotopic (exact) mass is 321 g/mol. The highest BCUT2D eigenvalue weighted by atomic mass is 16.2. The summed E-state index contributed by atoms with van der Waals surface area (Å²) in [5.74, 6) is 0.165. The van der Waals surface area contributed by atoms with Crippen molar-refractivity contribution in [2.24, 2.45) is 5.41 Å². The standard InChI is InChI=1S/C18H31N3O2/c1-18(2,3)17(23)21-11-6-8-15(21)16(22)19-13-9-12-20-10-5-4-7-14(13)20/h13-15H,4-12H2,1-3H3,(H,19,22)/t13-,14-,15+/m0/s1. The molecule has 0 aromatic carbocycles. The van der Waals surface area contributed by atoms with Crippen LogP contribution in [0.1, 0.15) is 59.3 Å². The third-order valence-electron chi connectivity index (χ3n) is 5.64. The van der Waals surface area contributed by atoms with Crippen LogP contribution in [-0.4, -0.2) is 59.4 Å². The highest BCUT2D eigenvalue weighted by Crippen LogP contribution is 2.29. The molecule has 1 N–H and O–H groups in total. The van der Waals surface area contributed by atoms with E-state index in [0.717, 1.165) is 25.8 Å². The summed E-state index contributed by atoms with van der Waals surface area (Å²) >= 11 is 0. The van der Waals surface area contributed by atoms with Crippen LogP contribution in [0.4, 0.5) is 0 Å². The number of piperidine rings is 1. The fraction of sp³-hybridized carbons (Fsp3) is 0.889. The molecule has 2 amide bonds. The van der Waals surface area contributed by atoms with Crippen LogP contribution >= 0.6 is 0 Å². The van der Waals surface area contributed by atoms with Gasteiger partial charge in [-0.2, -0.15) is 0 Å². The SMILES string of the molecule is CC(C)(C)C(=O)N1CCC[C@@H]1C(=O)N[C@H]1CCN2CCCC[C@@H]12. The average Bonchev–Trinajstić information content (AvgIpc) is 3.13. The van der Waals surface area contributed by atoms with Gasteiger partial charge in [-0.05, 0) is 38.6 Å². The smallest absolute Gasteiger partial charge is 0.243 e. The summed E-state index contributed by atoms with van der Waals surface area (Å²) in [5.41, 5.74) is -0.420. The zero-order valence-electron chi connectivity index (χ0n) is 14.8. The van der Waals surface area contributed by atoms with Crippen molar-refractivity contribution in [1.29, 1.82) is 0 Å². The van der Waals surface area contributed by atoms with Gasteiger partial charge in [-0.25, -0.2) is 0 Å². The number of nitrogens with zero attached hydrogens (tertiary/aromatic N) is 2. The normalized spacial score (nSPS) is 32.0. The van der Waals surface area contributed by atoms with Crippen molar-refractivity contribution in [2.45, 2.75) is 77.4 Å². The second kappa shape index (κ2) is 6.42. The molecule has 5 nitrogen and oxygen atoms in total. The molecule has 0 radical (unpaired) electrons. The molecule has 0 aromatic heterocycles. The van der Waals surface area contributed by atoms with E-state index in [9.17, 15) is 9.59 Å². The van der Waals surface area contributed by atoms with Gasteiger partial charge in [0.25, 0.3) is 0 Å². The second-order valence-electron chi connectivity index (χ2n) is 8.41. The van der Waals surface area contributed by atoms with Gasteiger partial charge in [0.1, 0.15) is 6.04 Å². The molecule has 3 aliphatic heterocycles. The summed E-state index contributed by atoms with van der Waals surface area (Å²) in [6.45, 7) is 8.78. The van der Waals surface area contributed by atoms with Crippen LogP contribution in [0.25, 0.3) is 0 Å². The molecule has 3 atom stereocenters. The van der Waals surface area contributed by atoms with Crippen molar-refractivity contribution in [3.8, 4) is 0 Å². The molecule has 0 unspecified atom stereocenters. The zero-order chi connectivity index (χ0) is 16.6. The van der Waals surface area contributed by atoms with Crippen LogP contribution in [0.15, 0.2) is 0 Å². The Morgan fingerprint density at radius 3 is 2.48 bits per heavy atom. The van der Waals surface area contributed by atoms with Gasteiger partial charge in [0.15, 0.2) is 0 Å². The van der Waals surface area contributed by atoms with E-state index in [0.29, 0.717) is 12.6 Å². The largest absolute Gasteiger partial charge is 0.350 e. The van der Waals surface area contributed by atoms with Crippen molar-refractivity contribution < 1.29 is 9.59 Å². The molecule has 0 bridgehead atoms. The summed E-state index contributed by atoms with van der Waals surface area (Å²) < 4.78 is 0. The number of carbonyl (C=O) groups excluding carboxylic acids is 2. The maximum Gasteiger partial charge on any atom is 0.243 e. The summed E-state index contributed by atoms with van der Waals surface area (Å²) in [4.78, 5) is 29.7. The summed E-state index contributed by atoms with van der Waals surface area (Å²) in [6.07, 6.45) is 6.53. The van der Waals surface area contributed by atoms with Crippen molar-refractivity contribution in [3.63, 3.8) is 0 Å². The Labute approximate surface area is 139 Å². The third kappa shape index (κ3) is 3.39. The van der Waals surface area contributed by atoms with E-state index in [2.05, 4.69) is 10.2 Å². The summed E-state index contributed by atoms with van der Waals surface area (Å²) in [7, 11) is 0.